The Morgan fingerprint density at radius 2 is 1.41 bits per heavy atom. The van der Waals surface area contributed by atoms with Crippen LogP contribution in [-0.2, 0) is 14.3 Å². The molecular weight excluding hydrogens is 342 g/mol. The number of hydrogen-bond donors (Lipinski definition) is 2. The molecule has 1 atom stereocenters. The van der Waals surface area contributed by atoms with E-state index in [9.17, 15) is 9.59 Å². The number of carbonyl (C=O) groups is 2. The largest absolute Gasteiger partial charge is 0.467 e. The number of aliphatic hydroxyl groups is 1. The Kier molecular flexibility index (Phi) is 18.4. The number of allylic oxidation sites excluding steroid dienone is 2. The van der Waals surface area contributed by atoms with Gasteiger partial charge in [0, 0.05) is 6.42 Å². The summed E-state index contributed by atoms with van der Waals surface area (Å²) in [6.07, 6.45) is 20.8. The van der Waals surface area contributed by atoms with Crippen LogP contribution in [0, 0.1) is 0 Å². The first-order chi connectivity index (χ1) is 13.2. The van der Waals surface area contributed by atoms with Crippen LogP contribution >= 0.6 is 0 Å². The third-order valence-corrected chi connectivity index (χ3v) is 4.67. The lowest BCUT2D eigenvalue weighted by Crippen LogP contribution is -2.43. The van der Waals surface area contributed by atoms with E-state index in [2.05, 4.69) is 29.1 Å². The Bertz CT molecular complexity index is 396. The van der Waals surface area contributed by atoms with Crippen molar-refractivity contribution in [3.05, 3.63) is 12.2 Å². The number of amides is 1. The highest BCUT2D eigenvalue weighted by Gasteiger charge is 2.19. The van der Waals surface area contributed by atoms with Gasteiger partial charge in [-0.25, -0.2) is 4.79 Å². The lowest BCUT2D eigenvalue weighted by Gasteiger charge is -2.13. The Morgan fingerprint density at radius 1 is 0.889 bits per heavy atom. The molecule has 5 heteroatoms. The van der Waals surface area contributed by atoms with Crippen molar-refractivity contribution in [1.82, 2.24) is 5.32 Å². The van der Waals surface area contributed by atoms with Gasteiger partial charge in [-0.3, -0.25) is 4.79 Å². The molecule has 0 radical (unpaired) electrons. The van der Waals surface area contributed by atoms with E-state index in [-0.39, 0.29) is 5.91 Å². The molecule has 0 fully saturated rings. The average Bonchev–Trinajstić information content (AvgIpc) is 2.68. The molecule has 0 bridgehead atoms. The van der Waals surface area contributed by atoms with Crippen LogP contribution in [0.2, 0.25) is 0 Å². The zero-order chi connectivity index (χ0) is 20.2. The quantitative estimate of drug-likeness (QED) is 0.205. The molecule has 0 spiro atoms. The maximum Gasteiger partial charge on any atom is 0.330 e. The van der Waals surface area contributed by atoms with Crippen LogP contribution in [0.25, 0.3) is 0 Å². The maximum atomic E-state index is 11.7. The number of ether oxygens (including phenoxy) is 1. The summed E-state index contributed by atoms with van der Waals surface area (Å²) in [7, 11) is 1.24. The molecule has 0 saturated heterocycles. The van der Waals surface area contributed by atoms with E-state index in [4.69, 9.17) is 5.11 Å². The van der Waals surface area contributed by atoms with Crippen molar-refractivity contribution in [3.63, 3.8) is 0 Å². The van der Waals surface area contributed by atoms with Crippen LogP contribution in [-0.4, -0.2) is 36.7 Å². The summed E-state index contributed by atoms with van der Waals surface area (Å²) < 4.78 is 4.52. The molecule has 2 N–H and O–H groups in total. The van der Waals surface area contributed by atoms with E-state index in [0.29, 0.717) is 6.42 Å². The average molecular weight is 384 g/mol. The molecule has 5 nitrogen and oxygen atoms in total. The van der Waals surface area contributed by atoms with E-state index in [0.717, 1.165) is 25.7 Å². The number of methoxy groups -OCH3 is 1. The van der Waals surface area contributed by atoms with Gasteiger partial charge in [-0.15, -0.1) is 0 Å². The van der Waals surface area contributed by atoms with Crippen molar-refractivity contribution >= 4 is 11.9 Å². The van der Waals surface area contributed by atoms with Gasteiger partial charge in [-0.1, -0.05) is 70.4 Å². The number of aliphatic hydroxyl groups excluding tert-OH is 1. The van der Waals surface area contributed by atoms with E-state index in [1.165, 1.54) is 64.9 Å². The zero-order valence-electron chi connectivity index (χ0n) is 17.5. The summed E-state index contributed by atoms with van der Waals surface area (Å²) in [5, 5.41) is 11.6. The van der Waals surface area contributed by atoms with Crippen molar-refractivity contribution in [1.29, 1.82) is 0 Å². The molecule has 0 aliphatic heterocycles. The summed E-state index contributed by atoms with van der Waals surface area (Å²) in [5.74, 6) is -0.826. The van der Waals surface area contributed by atoms with Crippen molar-refractivity contribution in [3.8, 4) is 0 Å². The summed E-state index contributed by atoms with van der Waals surface area (Å²) in [6, 6.07) is -0.953. The first-order valence-electron chi connectivity index (χ1n) is 10.8. The second-order valence-corrected chi connectivity index (χ2v) is 7.16. The molecule has 27 heavy (non-hydrogen) atoms. The smallest absolute Gasteiger partial charge is 0.330 e. The normalized spacial score (nSPS) is 12.3. The highest BCUT2D eigenvalue weighted by Crippen LogP contribution is 2.10. The highest BCUT2D eigenvalue weighted by atomic mass is 16.5. The second kappa shape index (κ2) is 19.4. The molecule has 0 rings (SSSR count). The number of unbranched alkanes of at least 4 members (excludes halogenated alkanes) is 11. The highest BCUT2D eigenvalue weighted by molar-refractivity contribution is 5.84. The van der Waals surface area contributed by atoms with Gasteiger partial charge in [0.1, 0.15) is 0 Å². The van der Waals surface area contributed by atoms with Crippen LogP contribution < -0.4 is 5.32 Å². The predicted molar refractivity (Wildman–Crippen MR) is 110 cm³/mol. The maximum absolute atomic E-state index is 11.7. The topological polar surface area (TPSA) is 75.6 Å². The Hall–Kier alpha value is -1.36. The fourth-order valence-electron chi connectivity index (χ4n) is 2.94. The van der Waals surface area contributed by atoms with Gasteiger partial charge in [-0.2, -0.15) is 0 Å². The van der Waals surface area contributed by atoms with E-state index in [1.54, 1.807) is 0 Å². The fraction of sp³-hybridized carbons (Fsp3) is 0.818. The standard InChI is InChI=1S/C22H41NO4/c1-3-4-5-6-7-8-9-10-11-12-13-14-15-16-17-18-21(25)23-20(19-24)22(26)27-2/h10-11,20,24H,3-9,12-19H2,1-2H3,(H,23,25)/b11-10-/t20-/m1/s1. The molecule has 158 valence electrons. The van der Waals surface area contributed by atoms with Gasteiger partial charge in [0.15, 0.2) is 6.04 Å². The minimum Gasteiger partial charge on any atom is -0.467 e. The summed E-state index contributed by atoms with van der Waals surface area (Å²) in [4.78, 5) is 23.0. The van der Waals surface area contributed by atoms with E-state index < -0.39 is 18.6 Å². The Morgan fingerprint density at radius 3 is 1.93 bits per heavy atom. The first-order valence-corrected chi connectivity index (χ1v) is 10.8. The second-order valence-electron chi connectivity index (χ2n) is 7.16. The Balaban J connectivity index is 3.42. The summed E-state index contributed by atoms with van der Waals surface area (Å²) in [6.45, 7) is 1.81. The van der Waals surface area contributed by atoms with Gasteiger partial charge >= 0.3 is 5.97 Å². The third kappa shape index (κ3) is 16.5. The van der Waals surface area contributed by atoms with Crippen molar-refractivity contribution in [2.75, 3.05) is 13.7 Å². The van der Waals surface area contributed by atoms with Crippen LogP contribution in [0.3, 0.4) is 0 Å². The lowest BCUT2D eigenvalue weighted by atomic mass is 10.1. The molecule has 0 aromatic heterocycles. The molecule has 0 aliphatic rings. The molecule has 0 saturated carbocycles. The molecule has 0 aromatic rings. The molecular formula is C22H41NO4. The summed E-state index contributed by atoms with van der Waals surface area (Å²) >= 11 is 0. The number of carbonyl (C=O) groups excluding carboxylic acids is 2. The van der Waals surface area contributed by atoms with Gasteiger partial charge < -0.3 is 15.2 Å². The van der Waals surface area contributed by atoms with Gasteiger partial charge in [0.25, 0.3) is 0 Å². The summed E-state index contributed by atoms with van der Waals surface area (Å²) in [5.41, 5.74) is 0. The van der Waals surface area contributed by atoms with E-state index in [1.807, 2.05) is 0 Å². The van der Waals surface area contributed by atoms with Gasteiger partial charge in [0.2, 0.25) is 5.91 Å². The Labute approximate surface area is 165 Å². The monoisotopic (exact) mass is 383 g/mol. The van der Waals surface area contributed by atoms with Crippen LogP contribution in [0.4, 0.5) is 0 Å². The molecule has 0 heterocycles. The number of hydrogen-bond acceptors (Lipinski definition) is 4. The van der Waals surface area contributed by atoms with Crippen molar-refractivity contribution < 1.29 is 19.4 Å². The fourth-order valence-corrected chi connectivity index (χ4v) is 2.94. The minimum absolute atomic E-state index is 0.211. The minimum atomic E-state index is -0.953. The zero-order valence-corrected chi connectivity index (χ0v) is 17.5. The van der Waals surface area contributed by atoms with Gasteiger partial charge in [-0.05, 0) is 32.1 Å². The molecule has 0 aliphatic carbocycles. The first kappa shape index (κ1) is 25.6. The van der Waals surface area contributed by atoms with Crippen molar-refractivity contribution in [2.24, 2.45) is 0 Å². The lowest BCUT2D eigenvalue weighted by molar-refractivity contribution is -0.146. The van der Waals surface area contributed by atoms with Crippen LogP contribution in [0.15, 0.2) is 12.2 Å². The molecule has 0 unspecified atom stereocenters. The SMILES string of the molecule is CCCCCCCC/C=C\CCCCCCCC(=O)N[C@H](CO)C(=O)OC. The number of nitrogens with one attached hydrogen (secondary N) is 1. The van der Waals surface area contributed by atoms with Gasteiger partial charge in [0.05, 0.1) is 13.7 Å². The van der Waals surface area contributed by atoms with E-state index >= 15 is 0 Å². The number of rotatable bonds is 18. The molecule has 1 amide bonds. The predicted octanol–water partition coefficient (Wildman–Crippen LogP) is 4.67. The van der Waals surface area contributed by atoms with Crippen LogP contribution in [0.5, 0.6) is 0 Å². The third-order valence-electron chi connectivity index (χ3n) is 4.67. The molecule has 0 aromatic carbocycles. The van der Waals surface area contributed by atoms with Crippen molar-refractivity contribution in [2.45, 2.75) is 103 Å². The number of esters is 1. The van der Waals surface area contributed by atoms with Crippen LogP contribution in [0.1, 0.15) is 96.8 Å².